The molecule has 7 nitrogen and oxygen atoms in total. The van der Waals surface area contributed by atoms with Crippen molar-refractivity contribution >= 4 is 11.9 Å². The van der Waals surface area contributed by atoms with E-state index in [9.17, 15) is 14.7 Å². The minimum absolute atomic E-state index is 0.214. The minimum atomic E-state index is -1.02. The Balaban J connectivity index is 1.94. The van der Waals surface area contributed by atoms with Crippen LogP contribution in [0.15, 0.2) is 24.7 Å². The van der Waals surface area contributed by atoms with E-state index in [1.54, 1.807) is 18.3 Å². The fourth-order valence-electron chi connectivity index (χ4n) is 2.64. The maximum absolute atomic E-state index is 12.7. The molecule has 1 aliphatic rings. The van der Waals surface area contributed by atoms with Gasteiger partial charge in [0.15, 0.2) is 0 Å². The van der Waals surface area contributed by atoms with Crippen LogP contribution in [0, 0.1) is 0 Å². The topological polar surface area (TPSA) is 99.2 Å². The Morgan fingerprint density at radius 3 is 3.00 bits per heavy atom. The predicted molar refractivity (Wildman–Crippen MR) is 77.2 cm³/mol. The summed E-state index contributed by atoms with van der Waals surface area (Å²) < 4.78 is 0. The molecule has 7 heteroatoms. The average molecular weight is 300 g/mol. The number of hydrogen-bond donors (Lipinski definition) is 2. The summed E-state index contributed by atoms with van der Waals surface area (Å²) in [5.74, 6) is -1.32. The Labute approximate surface area is 127 Å². The molecule has 2 N–H and O–H groups in total. The highest BCUT2D eigenvalue weighted by Crippen LogP contribution is 2.23. The smallest absolute Gasteiger partial charge is 0.326 e. The number of fused-ring (bicyclic) bond motifs is 1. The molecule has 0 unspecified atom stereocenters. The second-order valence-electron chi connectivity index (χ2n) is 5.21. The van der Waals surface area contributed by atoms with Crippen LogP contribution in [-0.2, 0) is 24.2 Å². The first-order chi connectivity index (χ1) is 10.6. The number of nitrogens with one attached hydrogen (secondary N) is 1. The van der Waals surface area contributed by atoms with E-state index < -0.39 is 12.0 Å². The van der Waals surface area contributed by atoms with E-state index in [0.717, 1.165) is 11.4 Å². The lowest BCUT2D eigenvalue weighted by atomic mass is 10.0. The number of amides is 1. The molecule has 0 aliphatic carbocycles. The second-order valence-corrected chi connectivity index (χ2v) is 5.21. The van der Waals surface area contributed by atoms with Gasteiger partial charge in [0.25, 0.3) is 5.91 Å². The van der Waals surface area contributed by atoms with Gasteiger partial charge in [0, 0.05) is 23.9 Å². The first-order valence-corrected chi connectivity index (χ1v) is 7.10. The van der Waals surface area contributed by atoms with E-state index in [1.807, 2.05) is 6.92 Å². The average Bonchev–Trinajstić information content (AvgIpc) is 3.00. The number of hydrogen-bond acceptors (Lipinski definition) is 4. The summed E-state index contributed by atoms with van der Waals surface area (Å²) >= 11 is 0. The standard InChI is InChI=1S/C15H16N4O3/c1-2-10-5-9(3-4-16-10)14(20)19-7-12-11(17-8-18-12)6-13(19)15(21)22/h3-5,8,13H,2,6-7H2,1H3,(H,17,18)(H,21,22)/t13-/m0/s1. The van der Waals surface area contributed by atoms with Crippen LogP contribution in [-0.4, -0.2) is 42.9 Å². The Morgan fingerprint density at radius 1 is 1.45 bits per heavy atom. The maximum atomic E-state index is 12.7. The highest BCUT2D eigenvalue weighted by Gasteiger charge is 2.36. The summed E-state index contributed by atoms with van der Waals surface area (Å²) in [6.07, 6.45) is 4.03. The van der Waals surface area contributed by atoms with E-state index in [-0.39, 0.29) is 18.9 Å². The molecule has 2 aromatic heterocycles. The van der Waals surface area contributed by atoms with E-state index in [4.69, 9.17) is 0 Å². The zero-order valence-electron chi connectivity index (χ0n) is 12.1. The van der Waals surface area contributed by atoms with Gasteiger partial charge in [-0.15, -0.1) is 0 Å². The van der Waals surface area contributed by atoms with Gasteiger partial charge in [-0.05, 0) is 18.6 Å². The third-order valence-corrected chi connectivity index (χ3v) is 3.87. The zero-order valence-corrected chi connectivity index (χ0v) is 12.1. The van der Waals surface area contributed by atoms with Crippen molar-refractivity contribution in [2.45, 2.75) is 32.4 Å². The molecule has 0 bridgehead atoms. The van der Waals surface area contributed by atoms with Crippen LogP contribution in [0.25, 0.3) is 0 Å². The lowest BCUT2D eigenvalue weighted by Crippen LogP contribution is -2.48. The number of H-pyrrole nitrogens is 1. The van der Waals surface area contributed by atoms with Gasteiger partial charge in [-0.2, -0.15) is 0 Å². The van der Waals surface area contributed by atoms with E-state index in [0.29, 0.717) is 17.7 Å². The summed E-state index contributed by atoms with van der Waals surface area (Å²) in [6, 6.07) is 2.42. The Morgan fingerprint density at radius 2 is 2.27 bits per heavy atom. The molecule has 3 heterocycles. The third-order valence-electron chi connectivity index (χ3n) is 3.87. The number of aromatic nitrogens is 3. The van der Waals surface area contributed by atoms with Crippen LogP contribution < -0.4 is 0 Å². The molecule has 3 rings (SSSR count). The van der Waals surface area contributed by atoms with Crippen LogP contribution in [0.3, 0.4) is 0 Å². The summed E-state index contributed by atoms with van der Waals surface area (Å²) in [4.78, 5) is 36.8. The summed E-state index contributed by atoms with van der Waals surface area (Å²) in [6.45, 7) is 2.17. The Kier molecular flexibility index (Phi) is 3.62. The molecule has 2 aromatic rings. The van der Waals surface area contributed by atoms with Crippen molar-refractivity contribution in [3.8, 4) is 0 Å². The lowest BCUT2D eigenvalue weighted by Gasteiger charge is -2.32. The van der Waals surface area contributed by atoms with Crippen molar-refractivity contribution in [1.29, 1.82) is 0 Å². The number of rotatable bonds is 3. The predicted octanol–water partition coefficient (Wildman–Crippen LogP) is 1.02. The number of carbonyl (C=O) groups is 2. The van der Waals surface area contributed by atoms with Crippen molar-refractivity contribution in [1.82, 2.24) is 19.9 Å². The molecule has 0 spiro atoms. The molecule has 0 fully saturated rings. The van der Waals surface area contributed by atoms with E-state index in [2.05, 4.69) is 15.0 Å². The SMILES string of the molecule is CCc1cc(C(=O)N2Cc3[nH]cnc3C[C@H]2C(=O)O)ccn1. The highest BCUT2D eigenvalue weighted by molar-refractivity contribution is 5.96. The first kappa shape index (κ1) is 14.2. The van der Waals surface area contributed by atoms with Crippen molar-refractivity contribution in [3.05, 3.63) is 47.3 Å². The molecular formula is C15H16N4O3. The van der Waals surface area contributed by atoms with E-state index in [1.165, 1.54) is 11.2 Å². The summed E-state index contributed by atoms with van der Waals surface area (Å²) in [5, 5.41) is 9.42. The van der Waals surface area contributed by atoms with Crippen LogP contribution in [0.4, 0.5) is 0 Å². The number of carboxylic acids is 1. The van der Waals surface area contributed by atoms with Gasteiger partial charge in [0.2, 0.25) is 0 Å². The van der Waals surface area contributed by atoms with Gasteiger partial charge >= 0.3 is 5.97 Å². The van der Waals surface area contributed by atoms with Gasteiger partial charge in [-0.25, -0.2) is 9.78 Å². The number of aromatic amines is 1. The molecule has 0 aromatic carbocycles. The normalized spacial score (nSPS) is 17.1. The molecule has 0 saturated carbocycles. The van der Waals surface area contributed by atoms with Crippen molar-refractivity contribution in [2.24, 2.45) is 0 Å². The molecule has 1 aliphatic heterocycles. The largest absolute Gasteiger partial charge is 0.480 e. The number of carbonyl (C=O) groups excluding carboxylic acids is 1. The molecule has 114 valence electrons. The zero-order chi connectivity index (χ0) is 15.7. The number of aliphatic carboxylic acids is 1. The number of imidazole rings is 1. The van der Waals surface area contributed by atoms with Crippen LogP contribution in [0.1, 0.15) is 34.4 Å². The lowest BCUT2D eigenvalue weighted by molar-refractivity contribution is -0.142. The van der Waals surface area contributed by atoms with Crippen LogP contribution in [0.2, 0.25) is 0 Å². The number of carboxylic acid groups (broad SMARTS) is 1. The fourth-order valence-corrected chi connectivity index (χ4v) is 2.64. The van der Waals surface area contributed by atoms with Gasteiger partial charge in [-0.1, -0.05) is 6.92 Å². The number of pyridine rings is 1. The van der Waals surface area contributed by atoms with Crippen molar-refractivity contribution in [3.63, 3.8) is 0 Å². The molecular weight excluding hydrogens is 284 g/mol. The molecule has 0 radical (unpaired) electrons. The van der Waals surface area contributed by atoms with Crippen molar-refractivity contribution < 1.29 is 14.7 Å². The number of nitrogens with zero attached hydrogens (tertiary/aromatic N) is 3. The molecule has 1 atom stereocenters. The van der Waals surface area contributed by atoms with Crippen LogP contribution >= 0.6 is 0 Å². The summed E-state index contributed by atoms with van der Waals surface area (Å²) in [5.41, 5.74) is 2.76. The second kappa shape index (κ2) is 5.59. The quantitative estimate of drug-likeness (QED) is 0.881. The van der Waals surface area contributed by atoms with Crippen molar-refractivity contribution in [2.75, 3.05) is 0 Å². The molecule has 22 heavy (non-hydrogen) atoms. The van der Waals surface area contributed by atoms with Gasteiger partial charge < -0.3 is 15.0 Å². The minimum Gasteiger partial charge on any atom is -0.480 e. The fraction of sp³-hybridized carbons (Fsp3) is 0.333. The first-order valence-electron chi connectivity index (χ1n) is 7.10. The van der Waals surface area contributed by atoms with E-state index >= 15 is 0 Å². The number of aryl methyl sites for hydroxylation is 1. The Hall–Kier alpha value is -2.70. The highest BCUT2D eigenvalue weighted by atomic mass is 16.4. The molecule has 0 saturated heterocycles. The Bertz CT molecular complexity index is 725. The maximum Gasteiger partial charge on any atom is 0.326 e. The third kappa shape index (κ3) is 2.45. The van der Waals surface area contributed by atoms with Crippen LogP contribution in [0.5, 0.6) is 0 Å². The van der Waals surface area contributed by atoms with Gasteiger partial charge in [0.1, 0.15) is 6.04 Å². The van der Waals surface area contributed by atoms with Gasteiger partial charge in [-0.3, -0.25) is 9.78 Å². The summed E-state index contributed by atoms with van der Waals surface area (Å²) in [7, 11) is 0. The molecule has 1 amide bonds. The van der Waals surface area contributed by atoms with Gasteiger partial charge in [0.05, 0.1) is 24.3 Å². The monoisotopic (exact) mass is 300 g/mol.